The molecule has 1 fully saturated rings. The quantitative estimate of drug-likeness (QED) is 0.677. The highest BCUT2D eigenvalue weighted by molar-refractivity contribution is 5.92. The fourth-order valence-corrected chi connectivity index (χ4v) is 3.88. The van der Waals surface area contributed by atoms with Gasteiger partial charge < -0.3 is 30.7 Å². The van der Waals surface area contributed by atoms with Crippen molar-refractivity contribution >= 4 is 28.6 Å². The number of fused-ring (bicyclic) bond motifs is 1. The second kappa shape index (κ2) is 9.51. The predicted octanol–water partition coefficient (Wildman–Crippen LogP) is 1.78. The molecule has 1 aliphatic rings. The van der Waals surface area contributed by atoms with Crippen molar-refractivity contribution in [1.82, 2.24) is 14.9 Å². The highest BCUT2D eigenvalue weighted by Gasteiger charge is 2.26. The number of amides is 1. The maximum absolute atomic E-state index is 15.0. The van der Waals surface area contributed by atoms with E-state index >= 15 is 0 Å². The molecule has 1 saturated heterocycles. The lowest BCUT2D eigenvalue weighted by Crippen LogP contribution is -2.50. The van der Waals surface area contributed by atoms with Crippen LogP contribution in [0.2, 0.25) is 0 Å². The summed E-state index contributed by atoms with van der Waals surface area (Å²) in [6.45, 7) is 6.25. The minimum atomic E-state index is -0.653. The van der Waals surface area contributed by atoms with Gasteiger partial charge in [0.15, 0.2) is 17.3 Å². The van der Waals surface area contributed by atoms with Crippen LogP contribution in [-0.4, -0.2) is 67.2 Å². The van der Waals surface area contributed by atoms with Crippen molar-refractivity contribution in [3.8, 4) is 11.5 Å². The summed E-state index contributed by atoms with van der Waals surface area (Å²) in [5.41, 5.74) is 12.2. The van der Waals surface area contributed by atoms with Gasteiger partial charge in [0.2, 0.25) is 11.9 Å². The number of piperazine rings is 1. The predicted molar refractivity (Wildman–Crippen MR) is 118 cm³/mol. The van der Waals surface area contributed by atoms with Crippen LogP contribution in [0.1, 0.15) is 26.7 Å². The van der Waals surface area contributed by atoms with Gasteiger partial charge in [0, 0.05) is 44.0 Å². The minimum Gasteiger partial charge on any atom is -0.493 e. The van der Waals surface area contributed by atoms with Gasteiger partial charge in [0.25, 0.3) is 0 Å². The van der Waals surface area contributed by atoms with Crippen LogP contribution in [0, 0.1) is 11.7 Å². The van der Waals surface area contributed by atoms with Crippen molar-refractivity contribution in [2.75, 3.05) is 51.0 Å². The number of hydrogen-bond acceptors (Lipinski definition) is 8. The van der Waals surface area contributed by atoms with Crippen LogP contribution in [0.25, 0.3) is 10.9 Å². The number of ether oxygens (including phenoxy) is 2. The number of anilines is 2. The topological polar surface area (TPSA) is 120 Å². The van der Waals surface area contributed by atoms with Crippen LogP contribution in [0.5, 0.6) is 11.5 Å². The summed E-state index contributed by atoms with van der Waals surface area (Å²) in [5.74, 6) is 0.507. The molecule has 3 rings (SSSR count). The largest absolute Gasteiger partial charge is 0.493 e. The number of hydrogen-bond donors (Lipinski definition) is 2. The van der Waals surface area contributed by atoms with Gasteiger partial charge in [-0.2, -0.15) is 4.98 Å². The lowest BCUT2D eigenvalue weighted by Gasteiger charge is -2.35. The number of aromatic nitrogens is 2. The fourth-order valence-electron chi connectivity index (χ4n) is 3.88. The Kier molecular flexibility index (Phi) is 6.99. The van der Waals surface area contributed by atoms with Gasteiger partial charge >= 0.3 is 0 Å². The maximum atomic E-state index is 15.0. The van der Waals surface area contributed by atoms with Crippen LogP contribution in [0.3, 0.4) is 0 Å². The first-order valence-corrected chi connectivity index (χ1v) is 10.4. The number of nitrogen functional groups attached to an aromatic ring is 1. The molecule has 1 aliphatic heterocycles. The van der Waals surface area contributed by atoms with E-state index in [1.165, 1.54) is 14.2 Å². The first kappa shape index (κ1) is 22.8. The molecule has 1 amide bonds. The summed E-state index contributed by atoms with van der Waals surface area (Å²) in [5, 5.41) is 0.354. The number of methoxy groups -OCH3 is 2. The molecule has 1 aromatic carbocycles. The lowest BCUT2D eigenvalue weighted by atomic mass is 10.0. The summed E-state index contributed by atoms with van der Waals surface area (Å²) < 4.78 is 25.3. The molecule has 2 heterocycles. The Morgan fingerprint density at radius 2 is 1.87 bits per heavy atom. The van der Waals surface area contributed by atoms with E-state index in [4.69, 9.17) is 20.9 Å². The number of benzene rings is 1. The summed E-state index contributed by atoms with van der Waals surface area (Å²) in [6.07, 6.45) is 1.15. The van der Waals surface area contributed by atoms with Crippen molar-refractivity contribution in [2.24, 2.45) is 11.7 Å². The van der Waals surface area contributed by atoms with E-state index in [9.17, 15) is 9.18 Å². The summed E-state index contributed by atoms with van der Waals surface area (Å²) >= 11 is 0. The standard InChI is InChI=1S/C21H31FN6O3/c1-12(2)9-13(23)10-16(29)27-5-7-28(8-6-27)21-25-18-14(20(24)26-21)11-15(30-3)19(31-4)17(18)22/h11-13H,5-10,23H2,1-4H3,(H2,24,25,26). The SMILES string of the molecule is COc1cc2c(N)nc(N3CCN(C(=O)CC(N)CC(C)C)CC3)nc2c(F)c1OC. The van der Waals surface area contributed by atoms with Gasteiger partial charge in [0.05, 0.1) is 14.2 Å². The van der Waals surface area contributed by atoms with Gasteiger partial charge in [-0.3, -0.25) is 4.79 Å². The zero-order valence-electron chi connectivity index (χ0n) is 18.5. The smallest absolute Gasteiger partial charge is 0.228 e. The normalized spacial score (nSPS) is 15.5. The van der Waals surface area contributed by atoms with Crippen LogP contribution in [0.15, 0.2) is 6.07 Å². The molecule has 1 aromatic heterocycles. The molecule has 1 atom stereocenters. The molecule has 4 N–H and O–H groups in total. The Morgan fingerprint density at radius 1 is 1.19 bits per heavy atom. The maximum Gasteiger partial charge on any atom is 0.228 e. The van der Waals surface area contributed by atoms with Gasteiger partial charge in [-0.1, -0.05) is 13.8 Å². The Hall–Kier alpha value is -2.88. The van der Waals surface area contributed by atoms with Crippen molar-refractivity contribution in [2.45, 2.75) is 32.7 Å². The van der Waals surface area contributed by atoms with Crippen LogP contribution >= 0.6 is 0 Å². The van der Waals surface area contributed by atoms with Crippen molar-refractivity contribution in [1.29, 1.82) is 0 Å². The molecule has 170 valence electrons. The number of carbonyl (C=O) groups is 1. The molecule has 0 radical (unpaired) electrons. The molecular weight excluding hydrogens is 403 g/mol. The van der Waals surface area contributed by atoms with Gasteiger partial charge in [-0.25, -0.2) is 9.37 Å². The van der Waals surface area contributed by atoms with Gasteiger partial charge in [-0.05, 0) is 18.4 Å². The molecule has 0 aliphatic carbocycles. The zero-order chi connectivity index (χ0) is 22.7. The van der Waals surface area contributed by atoms with Gasteiger partial charge in [-0.15, -0.1) is 0 Å². The Balaban J connectivity index is 1.75. The van der Waals surface area contributed by atoms with E-state index in [1.54, 1.807) is 11.0 Å². The third kappa shape index (κ3) is 4.90. The van der Waals surface area contributed by atoms with E-state index in [-0.39, 0.29) is 34.8 Å². The monoisotopic (exact) mass is 434 g/mol. The average Bonchev–Trinajstić information content (AvgIpc) is 2.73. The van der Waals surface area contributed by atoms with E-state index in [2.05, 4.69) is 23.8 Å². The number of rotatable bonds is 7. The zero-order valence-corrected chi connectivity index (χ0v) is 18.5. The molecule has 0 saturated carbocycles. The first-order chi connectivity index (χ1) is 14.7. The van der Waals surface area contributed by atoms with Crippen molar-refractivity contribution < 1.29 is 18.7 Å². The number of nitrogens with zero attached hydrogens (tertiary/aromatic N) is 4. The molecule has 0 bridgehead atoms. The summed E-state index contributed by atoms with van der Waals surface area (Å²) in [4.78, 5) is 25.0. The molecule has 9 nitrogen and oxygen atoms in total. The third-order valence-corrected chi connectivity index (χ3v) is 5.42. The molecule has 10 heteroatoms. The Bertz CT molecular complexity index is 947. The lowest BCUT2D eigenvalue weighted by molar-refractivity contribution is -0.131. The summed E-state index contributed by atoms with van der Waals surface area (Å²) in [6, 6.07) is 1.43. The number of carbonyl (C=O) groups excluding carboxylic acids is 1. The van der Waals surface area contributed by atoms with Crippen LogP contribution < -0.4 is 25.8 Å². The van der Waals surface area contributed by atoms with Crippen molar-refractivity contribution in [3.05, 3.63) is 11.9 Å². The average molecular weight is 435 g/mol. The third-order valence-electron chi connectivity index (χ3n) is 5.42. The van der Waals surface area contributed by atoms with Crippen LogP contribution in [0.4, 0.5) is 16.2 Å². The van der Waals surface area contributed by atoms with E-state index in [0.29, 0.717) is 49.9 Å². The highest BCUT2D eigenvalue weighted by Crippen LogP contribution is 2.37. The first-order valence-electron chi connectivity index (χ1n) is 10.4. The van der Waals surface area contributed by atoms with Gasteiger partial charge in [0.1, 0.15) is 11.3 Å². The second-order valence-electron chi connectivity index (χ2n) is 8.19. The fraction of sp³-hybridized carbons (Fsp3) is 0.571. The molecular formula is C21H31FN6O3. The van der Waals surface area contributed by atoms with Crippen molar-refractivity contribution in [3.63, 3.8) is 0 Å². The van der Waals surface area contributed by atoms with E-state index < -0.39 is 5.82 Å². The molecule has 0 spiro atoms. The molecule has 2 aromatic rings. The van der Waals surface area contributed by atoms with E-state index in [0.717, 1.165) is 6.42 Å². The Morgan fingerprint density at radius 3 is 2.45 bits per heavy atom. The molecule has 1 unspecified atom stereocenters. The highest BCUT2D eigenvalue weighted by atomic mass is 19.1. The Labute approximate surface area is 181 Å². The van der Waals surface area contributed by atoms with E-state index in [1.807, 2.05) is 4.90 Å². The summed E-state index contributed by atoms with van der Waals surface area (Å²) in [7, 11) is 2.78. The molecule has 31 heavy (non-hydrogen) atoms. The number of halogens is 1. The minimum absolute atomic E-state index is 0.0350. The van der Waals surface area contributed by atoms with Crippen LogP contribution in [-0.2, 0) is 4.79 Å². The second-order valence-corrected chi connectivity index (χ2v) is 8.19. The number of nitrogens with two attached hydrogens (primary N) is 2.